The highest BCUT2D eigenvalue weighted by molar-refractivity contribution is 5.84. The summed E-state index contributed by atoms with van der Waals surface area (Å²) in [6, 6.07) is 0. The predicted molar refractivity (Wildman–Crippen MR) is 62.9 cm³/mol. The number of aromatic nitrogens is 2. The van der Waals surface area contributed by atoms with Crippen LogP contribution in [-0.2, 0) is 11.2 Å². The number of amides is 1. The van der Waals surface area contributed by atoms with Gasteiger partial charge in [-0.2, -0.15) is 5.10 Å². The Morgan fingerprint density at radius 1 is 1.62 bits per heavy atom. The molecule has 1 aromatic rings. The van der Waals surface area contributed by atoms with Crippen molar-refractivity contribution in [2.75, 3.05) is 6.54 Å². The van der Waals surface area contributed by atoms with Crippen molar-refractivity contribution < 1.29 is 4.79 Å². The fraction of sp³-hybridized carbons (Fsp3) is 0.636. The van der Waals surface area contributed by atoms with Crippen LogP contribution in [0.25, 0.3) is 0 Å². The lowest BCUT2D eigenvalue weighted by Gasteiger charge is -2.17. The normalized spacial score (nSPS) is 11.5. The van der Waals surface area contributed by atoms with E-state index in [1.54, 1.807) is 13.8 Å². The summed E-state index contributed by atoms with van der Waals surface area (Å²) in [7, 11) is 0. The molecule has 1 heterocycles. The van der Waals surface area contributed by atoms with Crippen LogP contribution in [0.2, 0.25) is 0 Å². The van der Waals surface area contributed by atoms with Gasteiger partial charge in [-0.05, 0) is 39.2 Å². The Bertz CT molecular complexity index is 351. The third kappa shape index (κ3) is 3.66. The molecule has 1 rings (SSSR count). The number of nitrogens with two attached hydrogens (primary N) is 1. The smallest absolute Gasteiger partial charge is 0.239 e. The van der Waals surface area contributed by atoms with E-state index in [1.807, 2.05) is 13.1 Å². The molecular weight excluding hydrogens is 204 g/mol. The van der Waals surface area contributed by atoms with Gasteiger partial charge >= 0.3 is 0 Å². The van der Waals surface area contributed by atoms with Crippen LogP contribution < -0.4 is 11.1 Å². The molecule has 90 valence electrons. The molecule has 16 heavy (non-hydrogen) atoms. The molecular formula is C11H20N4O. The maximum Gasteiger partial charge on any atom is 0.239 e. The second-order valence-corrected chi connectivity index (χ2v) is 4.60. The predicted octanol–water partition coefficient (Wildman–Crippen LogP) is 0.504. The first-order valence-electron chi connectivity index (χ1n) is 5.47. The number of nitrogens with one attached hydrogen (secondary N) is 2. The van der Waals surface area contributed by atoms with Crippen LogP contribution in [0.5, 0.6) is 0 Å². The molecule has 0 bridgehead atoms. The third-order valence-corrected chi connectivity index (χ3v) is 2.43. The van der Waals surface area contributed by atoms with Gasteiger partial charge in [-0.25, -0.2) is 0 Å². The monoisotopic (exact) mass is 224 g/mol. The summed E-state index contributed by atoms with van der Waals surface area (Å²) in [5, 5.41) is 9.64. The third-order valence-electron chi connectivity index (χ3n) is 2.43. The SMILES string of the molecule is Cc1[nH]ncc1CCCNC(=O)C(C)(C)N. The molecule has 0 aromatic carbocycles. The summed E-state index contributed by atoms with van der Waals surface area (Å²) in [6.45, 7) is 6.03. The molecule has 5 heteroatoms. The number of H-pyrrole nitrogens is 1. The highest BCUT2D eigenvalue weighted by atomic mass is 16.2. The molecule has 4 N–H and O–H groups in total. The van der Waals surface area contributed by atoms with E-state index in [9.17, 15) is 4.79 Å². The summed E-state index contributed by atoms with van der Waals surface area (Å²) in [4.78, 5) is 11.4. The largest absolute Gasteiger partial charge is 0.355 e. The van der Waals surface area contributed by atoms with E-state index in [2.05, 4.69) is 15.5 Å². The minimum absolute atomic E-state index is 0.114. The maximum atomic E-state index is 11.4. The van der Waals surface area contributed by atoms with Gasteiger partial charge in [0, 0.05) is 12.2 Å². The van der Waals surface area contributed by atoms with Crippen molar-refractivity contribution in [3.05, 3.63) is 17.5 Å². The minimum atomic E-state index is -0.800. The van der Waals surface area contributed by atoms with Crippen molar-refractivity contribution in [1.82, 2.24) is 15.5 Å². The number of hydrogen-bond donors (Lipinski definition) is 3. The van der Waals surface area contributed by atoms with Gasteiger partial charge in [-0.1, -0.05) is 0 Å². The average molecular weight is 224 g/mol. The Kier molecular flexibility index (Phi) is 4.06. The van der Waals surface area contributed by atoms with Crippen LogP contribution >= 0.6 is 0 Å². The van der Waals surface area contributed by atoms with Gasteiger partial charge in [0.25, 0.3) is 0 Å². The Labute approximate surface area is 95.8 Å². The van der Waals surface area contributed by atoms with Gasteiger partial charge in [0.05, 0.1) is 11.7 Å². The van der Waals surface area contributed by atoms with Gasteiger partial charge in [0.2, 0.25) is 5.91 Å². The molecule has 0 saturated heterocycles. The molecule has 1 amide bonds. The summed E-state index contributed by atoms with van der Waals surface area (Å²) >= 11 is 0. The van der Waals surface area contributed by atoms with Gasteiger partial charge in [-0.15, -0.1) is 0 Å². The standard InChI is InChI=1S/C11H20N4O/c1-8-9(7-14-15-8)5-4-6-13-10(16)11(2,3)12/h7H,4-6,12H2,1-3H3,(H,13,16)(H,14,15). The Morgan fingerprint density at radius 2 is 2.31 bits per heavy atom. The summed E-state index contributed by atoms with van der Waals surface area (Å²) in [6.07, 6.45) is 3.62. The van der Waals surface area contributed by atoms with E-state index in [-0.39, 0.29) is 5.91 Å². The van der Waals surface area contributed by atoms with Crippen molar-refractivity contribution in [2.24, 2.45) is 5.73 Å². The zero-order valence-electron chi connectivity index (χ0n) is 10.1. The lowest BCUT2D eigenvalue weighted by atomic mass is 10.1. The Balaban J connectivity index is 2.23. The second-order valence-electron chi connectivity index (χ2n) is 4.60. The Hall–Kier alpha value is -1.36. The topological polar surface area (TPSA) is 83.8 Å². The molecule has 0 atom stereocenters. The number of rotatable bonds is 5. The minimum Gasteiger partial charge on any atom is -0.355 e. The number of carbonyl (C=O) groups is 1. The molecule has 0 radical (unpaired) electrons. The van der Waals surface area contributed by atoms with Crippen molar-refractivity contribution in [1.29, 1.82) is 0 Å². The van der Waals surface area contributed by atoms with Crippen molar-refractivity contribution in [3.8, 4) is 0 Å². The summed E-state index contributed by atoms with van der Waals surface area (Å²) < 4.78 is 0. The lowest BCUT2D eigenvalue weighted by Crippen LogP contribution is -2.49. The molecule has 0 aliphatic heterocycles. The quantitative estimate of drug-likeness (QED) is 0.637. The van der Waals surface area contributed by atoms with Crippen LogP contribution in [0.1, 0.15) is 31.5 Å². The van der Waals surface area contributed by atoms with Gasteiger partial charge in [0.15, 0.2) is 0 Å². The number of aromatic amines is 1. The lowest BCUT2D eigenvalue weighted by molar-refractivity contribution is -0.125. The zero-order valence-corrected chi connectivity index (χ0v) is 10.1. The van der Waals surface area contributed by atoms with E-state index < -0.39 is 5.54 Å². The Morgan fingerprint density at radius 3 is 2.81 bits per heavy atom. The van der Waals surface area contributed by atoms with Crippen molar-refractivity contribution in [3.63, 3.8) is 0 Å². The number of hydrogen-bond acceptors (Lipinski definition) is 3. The van der Waals surface area contributed by atoms with E-state index in [4.69, 9.17) is 5.73 Å². The number of aryl methyl sites for hydroxylation is 2. The fourth-order valence-electron chi connectivity index (χ4n) is 1.34. The summed E-state index contributed by atoms with van der Waals surface area (Å²) in [5.41, 5.74) is 7.14. The zero-order chi connectivity index (χ0) is 12.2. The van der Waals surface area contributed by atoms with Crippen LogP contribution in [0.4, 0.5) is 0 Å². The van der Waals surface area contributed by atoms with Gasteiger partial charge in [-0.3, -0.25) is 9.89 Å². The van der Waals surface area contributed by atoms with Crippen molar-refractivity contribution in [2.45, 2.75) is 39.2 Å². The molecule has 5 nitrogen and oxygen atoms in total. The average Bonchev–Trinajstić information content (AvgIpc) is 2.57. The van der Waals surface area contributed by atoms with Crippen LogP contribution in [-0.4, -0.2) is 28.2 Å². The van der Waals surface area contributed by atoms with E-state index >= 15 is 0 Å². The maximum absolute atomic E-state index is 11.4. The second kappa shape index (κ2) is 5.12. The van der Waals surface area contributed by atoms with E-state index in [1.165, 1.54) is 5.56 Å². The van der Waals surface area contributed by atoms with Crippen molar-refractivity contribution >= 4 is 5.91 Å². The van der Waals surface area contributed by atoms with Crippen LogP contribution in [0.3, 0.4) is 0 Å². The molecule has 0 aliphatic carbocycles. The number of carbonyl (C=O) groups excluding carboxylic acids is 1. The summed E-state index contributed by atoms with van der Waals surface area (Å²) in [5.74, 6) is -0.114. The van der Waals surface area contributed by atoms with Crippen LogP contribution in [0.15, 0.2) is 6.20 Å². The molecule has 0 fully saturated rings. The first kappa shape index (κ1) is 12.7. The molecule has 0 saturated carbocycles. The van der Waals surface area contributed by atoms with Crippen LogP contribution in [0, 0.1) is 6.92 Å². The first-order chi connectivity index (χ1) is 7.41. The first-order valence-corrected chi connectivity index (χ1v) is 5.47. The van der Waals surface area contributed by atoms with Gasteiger partial charge in [0.1, 0.15) is 0 Å². The van der Waals surface area contributed by atoms with Gasteiger partial charge < -0.3 is 11.1 Å². The van der Waals surface area contributed by atoms with E-state index in [0.717, 1.165) is 18.5 Å². The molecule has 1 aromatic heterocycles. The highest BCUT2D eigenvalue weighted by Crippen LogP contribution is 2.05. The fourth-order valence-corrected chi connectivity index (χ4v) is 1.34. The molecule has 0 aliphatic rings. The molecule has 0 unspecified atom stereocenters. The number of nitrogens with zero attached hydrogens (tertiary/aromatic N) is 1. The van der Waals surface area contributed by atoms with E-state index in [0.29, 0.717) is 6.54 Å². The highest BCUT2D eigenvalue weighted by Gasteiger charge is 2.20. The molecule has 0 spiro atoms.